The van der Waals surface area contributed by atoms with Crippen molar-refractivity contribution in [3.05, 3.63) is 0 Å². The van der Waals surface area contributed by atoms with Gasteiger partial charge in [0.15, 0.2) is 0 Å². The molecule has 0 atom stereocenters. The maximum Gasteiger partial charge on any atom is 0.0703 e. The average Bonchev–Trinajstić information content (AvgIpc) is 2.77. The van der Waals surface area contributed by atoms with Crippen molar-refractivity contribution in [2.75, 3.05) is 52.8 Å². The minimum absolute atomic E-state index is 0.288. The van der Waals surface area contributed by atoms with Crippen molar-refractivity contribution < 1.29 is 28.4 Å². The first-order valence-electron chi connectivity index (χ1n) is 14.8. The van der Waals surface area contributed by atoms with Crippen LogP contribution in [0.5, 0.6) is 0 Å². The van der Waals surface area contributed by atoms with E-state index >= 15 is 0 Å². The van der Waals surface area contributed by atoms with E-state index in [0.29, 0.717) is 50.8 Å². The number of rotatable bonds is 22. The van der Waals surface area contributed by atoms with E-state index in [9.17, 15) is 0 Å². The van der Waals surface area contributed by atoms with Gasteiger partial charge in [-0.1, -0.05) is 13.8 Å². The number of nitrogens with one attached hydrogen (secondary N) is 1. The Kier molecular flexibility index (Phi) is 35.6. The lowest BCUT2D eigenvalue weighted by Crippen LogP contribution is -2.23. The van der Waals surface area contributed by atoms with Crippen LogP contribution >= 0.6 is 0 Å². The van der Waals surface area contributed by atoms with Crippen LogP contribution in [0.3, 0.4) is 0 Å². The highest BCUT2D eigenvalue weighted by Gasteiger charge is 1.97. The third kappa shape index (κ3) is 52.9. The lowest BCUT2D eigenvalue weighted by atomic mass is 10.3. The van der Waals surface area contributed by atoms with E-state index in [1.165, 1.54) is 6.42 Å². The first-order valence-corrected chi connectivity index (χ1v) is 14.8. The smallest absolute Gasteiger partial charge is 0.0703 e. The summed E-state index contributed by atoms with van der Waals surface area (Å²) in [5.74, 6) is 0. The Morgan fingerprint density at radius 1 is 0.378 bits per heavy atom. The standard InChI is InChI=1S/C10H23NO.C10H22O3.C10H22O2/c1-9(2)11-7-5-6-8-12-10(3)4;1-9(2)12-7-5-11-6-8-13-10(3)4;1-9(2)11-7-5-6-8-12-10(3)4/h9-11H,5-8H2,1-4H3;9-10H,5-8H2,1-4H3;9-10H,5-8H2,1-4H3. The molecule has 1 N–H and O–H groups in total. The second kappa shape index (κ2) is 31.9. The Labute approximate surface area is 232 Å². The lowest BCUT2D eigenvalue weighted by molar-refractivity contribution is -0.0124. The Hall–Kier alpha value is -0.280. The van der Waals surface area contributed by atoms with Crippen LogP contribution in [0.25, 0.3) is 0 Å². The minimum atomic E-state index is 0.288. The summed E-state index contributed by atoms with van der Waals surface area (Å²) in [6, 6.07) is 0.607. The van der Waals surface area contributed by atoms with Gasteiger partial charge in [-0.2, -0.15) is 0 Å². The monoisotopic (exact) mass is 537 g/mol. The second-order valence-corrected chi connectivity index (χ2v) is 10.7. The van der Waals surface area contributed by atoms with Gasteiger partial charge in [0.25, 0.3) is 0 Å². The molecule has 0 aliphatic carbocycles. The minimum Gasteiger partial charge on any atom is -0.379 e. The van der Waals surface area contributed by atoms with Crippen molar-refractivity contribution >= 4 is 0 Å². The third-order valence-electron chi connectivity index (χ3n) is 4.37. The van der Waals surface area contributed by atoms with Gasteiger partial charge >= 0.3 is 0 Å². The highest BCUT2D eigenvalue weighted by atomic mass is 16.5. The molecule has 37 heavy (non-hydrogen) atoms. The summed E-state index contributed by atoms with van der Waals surface area (Å²) >= 11 is 0. The molecule has 0 spiro atoms. The molecule has 7 heteroatoms. The first kappa shape index (κ1) is 41.2. The van der Waals surface area contributed by atoms with E-state index in [2.05, 4.69) is 60.7 Å². The number of hydrogen-bond acceptors (Lipinski definition) is 7. The normalized spacial score (nSPS) is 11.5. The summed E-state index contributed by atoms with van der Waals surface area (Å²) in [6.45, 7) is 31.2. The van der Waals surface area contributed by atoms with Crippen LogP contribution in [0.15, 0.2) is 0 Å². The molecule has 0 saturated heterocycles. The van der Waals surface area contributed by atoms with Crippen molar-refractivity contribution in [2.24, 2.45) is 0 Å². The summed E-state index contributed by atoms with van der Waals surface area (Å²) in [5.41, 5.74) is 0. The highest BCUT2D eigenvalue weighted by molar-refractivity contribution is 4.52. The maximum absolute atomic E-state index is 5.42. The predicted octanol–water partition coefficient (Wildman–Crippen LogP) is 6.66. The molecule has 0 aliphatic rings. The molecule has 0 unspecified atom stereocenters. The highest BCUT2D eigenvalue weighted by Crippen LogP contribution is 1.97. The number of hydrogen-bond donors (Lipinski definition) is 1. The Morgan fingerprint density at radius 2 is 0.676 bits per heavy atom. The van der Waals surface area contributed by atoms with Gasteiger partial charge in [0.1, 0.15) is 0 Å². The van der Waals surface area contributed by atoms with Crippen molar-refractivity contribution in [2.45, 2.75) is 145 Å². The Bertz CT molecular complexity index is 344. The zero-order chi connectivity index (χ0) is 28.9. The van der Waals surface area contributed by atoms with Crippen LogP contribution in [0, 0.1) is 0 Å². The van der Waals surface area contributed by atoms with Crippen LogP contribution in [0.1, 0.15) is 109 Å². The van der Waals surface area contributed by atoms with Crippen LogP contribution in [-0.4, -0.2) is 89.4 Å². The van der Waals surface area contributed by atoms with Gasteiger partial charge in [-0.25, -0.2) is 0 Å². The number of ether oxygens (including phenoxy) is 6. The summed E-state index contributed by atoms with van der Waals surface area (Å²) in [4.78, 5) is 0. The van der Waals surface area contributed by atoms with Gasteiger partial charge in [-0.3, -0.25) is 0 Å². The molecule has 0 amide bonds. The van der Waals surface area contributed by atoms with E-state index < -0.39 is 0 Å². The van der Waals surface area contributed by atoms with Crippen molar-refractivity contribution in [3.8, 4) is 0 Å². The Balaban J connectivity index is -0.000000469. The zero-order valence-electron chi connectivity index (χ0n) is 26.9. The van der Waals surface area contributed by atoms with Crippen LogP contribution in [0.2, 0.25) is 0 Å². The van der Waals surface area contributed by atoms with Crippen LogP contribution in [0.4, 0.5) is 0 Å². The summed E-state index contributed by atoms with van der Waals surface area (Å²) < 4.78 is 32.1. The fraction of sp³-hybridized carbons (Fsp3) is 1.00. The van der Waals surface area contributed by atoms with E-state index in [0.717, 1.165) is 45.6 Å². The van der Waals surface area contributed by atoms with Crippen molar-refractivity contribution in [1.29, 1.82) is 0 Å². The molecule has 7 nitrogen and oxygen atoms in total. The molecule has 0 heterocycles. The van der Waals surface area contributed by atoms with Gasteiger partial charge < -0.3 is 33.7 Å². The van der Waals surface area contributed by atoms with E-state index in [-0.39, 0.29) is 12.2 Å². The summed E-state index contributed by atoms with van der Waals surface area (Å²) in [6.07, 6.45) is 6.25. The van der Waals surface area contributed by atoms with E-state index in [1.54, 1.807) is 0 Å². The lowest BCUT2D eigenvalue weighted by Gasteiger charge is -2.09. The zero-order valence-corrected chi connectivity index (χ0v) is 26.9. The topological polar surface area (TPSA) is 67.4 Å². The predicted molar refractivity (Wildman–Crippen MR) is 158 cm³/mol. The molecule has 0 fully saturated rings. The van der Waals surface area contributed by atoms with Crippen LogP contribution < -0.4 is 5.32 Å². The molecule has 228 valence electrons. The molecular weight excluding hydrogens is 470 g/mol. The summed E-state index contributed by atoms with van der Waals surface area (Å²) in [5, 5.41) is 3.38. The molecule has 0 aromatic carbocycles. The number of unbranched alkanes of at least 4 members (excludes halogenated alkanes) is 2. The van der Waals surface area contributed by atoms with Gasteiger partial charge in [0.2, 0.25) is 0 Å². The van der Waals surface area contributed by atoms with Gasteiger partial charge in [-0.15, -0.1) is 0 Å². The van der Waals surface area contributed by atoms with E-state index in [4.69, 9.17) is 28.4 Å². The van der Waals surface area contributed by atoms with Gasteiger partial charge in [0, 0.05) is 25.9 Å². The fourth-order valence-electron chi connectivity index (χ4n) is 2.57. The third-order valence-corrected chi connectivity index (χ3v) is 4.37. The molecule has 0 radical (unpaired) electrons. The van der Waals surface area contributed by atoms with Gasteiger partial charge in [-0.05, 0) is 101 Å². The molecule has 0 bridgehead atoms. The SMILES string of the molecule is CC(C)NCCCCOC(C)C.CC(C)OCCCCOC(C)C.CC(C)OCCOCCOC(C)C. The second-order valence-electron chi connectivity index (χ2n) is 10.7. The molecule has 0 rings (SSSR count). The summed E-state index contributed by atoms with van der Waals surface area (Å²) in [7, 11) is 0. The molecular formula is C30H67NO6. The average molecular weight is 538 g/mol. The Morgan fingerprint density at radius 3 is 0.973 bits per heavy atom. The first-order chi connectivity index (χ1) is 17.4. The quantitative estimate of drug-likeness (QED) is 0.155. The van der Waals surface area contributed by atoms with Crippen molar-refractivity contribution in [1.82, 2.24) is 5.32 Å². The van der Waals surface area contributed by atoms with Crippen molar-refractivity contribution in [3.63, 3.8) is 0 Å². The molecule has 0 aliphatic heterocycles. The molecule has 0 aromatic heterocycles. The molecule has 0 aromatic rings. The largest absolute Gasteiger partial charge is 0.379 e. The molecule has 0 saturated carbocycles. The van der Waals surface area contributed by atoms with E-state index in [1.807, 2.05) is 27.7 Å². The van der Waals surface area contributed by atoms with Crippen LogP contribution in [-0.2, 0) is 28.4 Å². The fourth-order valence-corrected chi connectivity index (χ4v) is 2.57. The van der Waals surface area contributed by atoms with Gasteiger partial charge in [0.05, 0.1) is 56.9 Å². The maximum atomic E-state index is 5.42.